The lowest BCUT2D eigenvalue weighted by Crippen LogP contribution is -2.27. The molecule has 0 aliphatic rings. The van der Waals surface area contributed by atoms with Crippen molar-refractivity contribution in [1.82, 2.24) is 9.97 Å². The van der Waals surface area contributed by atoms with Crippen LogP contribution < -0.4 is 4.90 Å². The van der Waals surface area contributed by atoms with Crippen molar-refractivity contribution in [3.63, 3.8) is 0 Å². The molecule has 172 valence electrons. The van der Waals surface area contributed by atoms with E-state index in [4.69, 9.17) is 19.1 Å². The summed E-state index contributed by atoms with van der Waals surface area (Å²) in [4.78, 5) is 24.1. The maximum atomic E-state index is 13.7. The lowest BCUT2D eigenvalue weighted by atomic mass is 10.1. The molecule has 2 aromatic carbocycles. The van der Waals surface area contributed by atoms with Gasteiger partial charge in [-0.2, -0.15) is 0 Å². The predicted octanol–water partition coefficient (Wildman–Crippen LogP) is 6.23. The van der Waals surface area contributed by atoms with Crippen LogP contribution in [0.1, 0.15) is 44.5 Å². The van der Waals surface area contributed by atoms with Crippen molar-refractivity contribution >= 4 is 33.8 Å². The molecule has 6 nitrogen and oxygen atoms in total. The van der Waals surface area contributed by atoms with E-state index in [2.05, 4.69) is 13.8 Å². The number of carbonyl (C=O) groups is 1. The Bertz CT molecular complexity index is 1310. The van der Waals surface area contributed by atoms with E-state index in [1.165, 1.54) is 12.1 Å². The minimum Gasteiger partial charge on any atom is -0.462 e. The number of ether oxygens (including phenoxy) is 1. The van der Waals surface area contributed by atoms with Crippen molar-refractivity contribution in [3.05, 3.63) is 53.8 Å². The zero-order valence-corrected chi connectivity index (χ0v) is 19.6. The Labute approximate surface area is 192 Å². The second kappa shape index (κ2) is 9.17. The summed E-state index contributed by atoms with van der Waals surface area (Å²) in [5.41, 5.74) is 2.78. The van der Waals surface area contributed by atoms with Crippen LogP contribution in [0.5, 0.6) is 0 Å². The molecule has 0 aliphatic heterocycles. The number of hydrogen-bond acceptors (Lipinski definition) is 6. The molecule has 0 bridgehead atoms. The Balaban J connectivity index is 1.77. The van der Waals surface area contributed by atoms with Gasteiger partial charge in [0.25, 0.3) is 0 Å². The first kappa shape index (κ1) is 22.7. The van der Waals surface area contributed by atoms with E-state index in [-0.39, 0.29) is 17.8 Å². The third kappa shape index (κ3) is 4.82. The number of halogens is 1. The van der Waals surface area contributed by atoms with E-state index in [1.54, 1.807) is 30.3 Å². The molecule has 0 saturated heterocycles. The van der Waals surface area contributed by atoms with Crippen molar-refractivity contribution in [2.24, 2.45) is 5.92 Å². The Hall–Kier alpha value is -3.48. The van der Waals surface area contributed by atoms with E-state index in [1.807, 2.05) is 25.8 Å². The Morgan fingerprint density at radius 1 is 1.06 bits per heavy atom. The van der Waals surface area contributed by atoms with E-state index in [9.17, 15) is 9.18 Å². The van der Waals surface area contributed by atoms with Gasteiger partial charge < -0.3 is 14.1 Å². The van der Waals surface area contributed by atoms with Crippen LogP contribution in [0.4, 0.5) is 10.2 Å². The average molecular weight is 450 g/mol. The molecular weight excluding hydrogens is 421 g/mol. The Kier molecular flexibility index (Phi) is 6.31. The lowest BCUT2D eigenvalue weighted by Gasteiger charge is -2.24. The van der Waals surface area contributed by atoms with Gasteiger partial charge in [-0.3, -0.25) is 0 Å². The Morgan fingerprint density at radius 2 is 1.85 bits per heavy atom. The largest absolute Gasteiger partial charge is 0.462 e. The zero-order valence-electron chi connectivity index (χ0n) is 19.6. The maximum absolute atomic E-state index is 13.7. The third-order valence-corrected chi connectivity index (χ3v) is 5.63. The molecule has 4 rings (SSSR count). The smallest absolute Gasteiger partial charge is 0.338 e. The van der Waals surface area contributed by atoms with Gasteiger partial charge in [0.15, 0.2) is 11.6 Å². The van der Waals surface area contributed by atoms with Crippen LogP contribution >= 0.6 is 0 Å². The van der Waals surface area contributed by atoms with E-state index >= 15 is 0 Å². The highest BCUT2D eigenvalue weighted by Crippen LogP contribution is 2.34. The summed E-state index contributed by atoms with van der Waals surface area (Å²) >= 11 is 0. The fourth-order valence-corrected chi connectivity index (χ4v) is 3.43. The first-order valence-corrected chi connectivity index (χ1v) is 11.1. The van der Waals surface area contributed by atoms with Crippen LogP contribution in [0.25, 0.3) is 33.5 Å². The second-order valence-corrected chi connectivity index (χ2v) is 8.92. The van der Waals surface area contributed by atoms with Crippen molar-refractivity contribution in [1.29, 1.82) is 0 Å². The standard InChI is InChI=1S/C26H28FN3O3/c1-15(2)10-11-32-26(31)17-6-8-20-21(13-17)29-25(30(5)16(3)4)24(28-20)23-14-18-12-19(27)7-9-22(18)33-23/h6-9,12-16H,10-11H2,1-5H3. The van der Waals surface area contributed by atoms with Gasteiger partial charge in [0.1, 0.15) is 17.1 Å². The molecule has 2 aromatic heterocycles. The number of hydrogen-bond donors (Lipinski definition) is 0. The van der Waals surface area contributed by atoms with Gasteiger partial charge in [0.2, 0.25) is 0 Å². The summed E-state index contributed by atoms with van der Waals surface area (Å²) in [5, 5.41) is 0.657. The molecule has 0 N–H and O–H groups in total. The highest BCUT2D eigenvalue weighted by Gasteiger charge is 2.21. The summed E-state index contributed by atoms with van der Waals surface area (Å²) < 4.78 is 25.1. The average Bonchev–Trinajstić information content (AvgIpc) is 3.19. The molecule has 7 heteroatoms. The molecule has 0 unspecified atom stereocenters. The van der Waals surface area contributed by atoms with Crippen LogP contribution in [0.15, 0.2) is 46.9 Å². The van der Waals surface area contributed by atoms with Gasteiger partial charge in [-0.25, -0.2) is 19.2 Å². The normalized spacial score (nSPS) is 11.6. The number of furan rings is 1. The predicted molar refractivity (Wildman–Crippen MR) is 128 cm³/mol. The molecule has 0 atom stereocenters. The molecule has 0 radical (unpaired) electrons. The van der Waals surface area contributed by atoms with Gasteiger partial charge in [-0.05, 0) is 68.7 Å². The van der Waals surface area contributed by atoms with Crippen LogP contribution in [0.2, 0.25) is 0 Å². The van der Waals surface area contributed by atoms with Gasteiger partial charge in [0.05, 0.1) is 23.2 Å². The summed E-state index contributed by atoms with van der Waals surface area (Å²) in [6.45, 7) is 8.65. The fraction of sp³-hybridized carbons (Fsp3) is 0.346. The first-order chi connectivity index (χ1) is 15.7. The van der Waals surface area contributed by atoms with Crippen LogP contribution in [0, 0.1) is 11.7 Å². The molecule has 0 saturated carbocycles. The number of nitrogens with zero attached hydrogens (tertiary/aromatic N) is 3. The van der Waals surface area contributed by atoms with E-state index in [0.29, 0.717) is 57.4 Å². The number of carbonyl (C=O) groups excluding carboxylic acids is 1. The van der Waals surface area contributed by atoms with Crippen LogP contribution in [-0.4, -0.2) is 35.6 Å². The van der Waals surface area contributed by atoms with Gasteiger partial charge >= 0.3 is 5.97 Å². The SMILES string of the molecule is CC(C)CCOC(=O)c1ccc2nc(-c3cc4cc(F)ccc4o3)c(N(C)C(C)C)nc2c1. The monoisotopic (exact) mass is 449 g/mol. The van der Waals surface area contributed by atoms with E-state index in [0.717, 1.165) is 6.42 Å². The molecule has 0 spiro atoms. The first-order valence-electron chi connectivity index (χ1n) is 11.1. The topological polar surface area (TPSA) is 68.5 Å². The number of rotatable bonds is 7. The van der Waals surface area contributed by atoms with Crippen molar-refractivity contribution in [2.75, 3.05) is 18.6 Å². The van der Waals surface area contributed by atoms with Gasteiger partial charge in [0, 0.05) is 18.5 Å². The highest BCUT2D eigenvalue weighted by molar-refractivity contribution is 5.95. The number of benzene rings is 2. The quantitative estimate of drug-likeness (QED) is 0.312. The molecule has 0 fully saturated rings. The number of aromatic nitrogens is 2. The van der Waals surface area contributed by atoms with Crippen molar-refractivity contribution < 1.29 is 18.3 Å². The molecule has 0 amide bonds. The fourth-order valence-electron chi connectivity index (χ4n) is 3.43. The highest BCUT2D eigenvalue weighted by atomic mass is 19.1. The van der Waals surface area contributed by atoms with Crippen LogP contribution in [0.3, 0.4) is 0 Å². The summed E-state index contributed by atoms with van der Waals surface area (Å²) in [6.07, 6.45) is 0.813. The maximum Gasteiger partial charge on any atom is 0.338 e. The summed E-state index contributed by atoms with van der Waals surface area (Å²) in [7, 11) is 1.93. The zero-order chi connectivity index (χ0) is 23.7. The van der Waals surface area contributed by atoms with Gasteiger partial charge in [-0.1, -0.05) is 13.8 Å². The molecule has 2 heterocycles. The number of esters is 1. The third-order valence-electron chi connectivity index (χ3n) is 5.63. The Morgan fingerprint density at radius 3 is 2.58 bits per heavy atom. The minimum atomic E-state index is -0.374. The van der Waals surface area contributed by atoms with Crippen molar-refractivity contribution in [2.45, 2.75) is 40.2 Å². The summed E-state index contributed by atoms with van der Waals surface area (Å²) in [5.74, 6) is 0.878. The number of anilines is 1. The van der Waals surface area contributed by atoms with Gasteiger partial charge in [-0.15, -0.1) is 0 Å². The van der Waals surface area contributed by atoms with Crippen LogP contribution in [-0.2, 0) is 4.74 Å². The second-order valence-electron chi connectivity index (χ2n) is 8.92. The molecular formula is C26H28FN3O3. The number of fused-ring (bicyclic) bond motifs is 2. The molecule has 4 aromatic rings. The lowest BCUT2D eigenvalue weighted by molar-refractivity contribution is 0.0488. The molecule has 33 heavy (non-hydrogen) atoms. The summed E-state index contributed by atoms with van der Waals surface area (Å²) in [6, 6.07) is 11.5. The van der Waals surface area contributed by atoms with Crippen molar-refractivity contribution in [3.8, 4) is 11.5 Å². The minimum absolute atomic E-state index is 0.140. The molecule has 0 aliphatic carbocycles. The van der Waals surface area contributed by atoms with E-state index < -0.39 is 0 Å².